The molecule has 0 aromatic heterocycles. The van der Waals surface area contributed by atoms with Crippen LogP contribution in [0.2, 0.25) is 0 Å². The molecular weight excluding hydrogens is 738 g/mol. The molecule has 0 aromatic rings. The number of aliphatic hydroxyl groups is 4. The summed E-state index contributed by atoms with van der Waals surface area (Å²) in [5, 5.41) is 45.0. The van der Waals surface area contributed by atoms with Gasteiger partial charge in [0.2, 0.25) is 0 Å². The van der Waals surface area contributed by atoms with E-state index in [0.717, 1.165) is 10.5 Å². The maximum absolute atomic E-state index is 14.3. The van der Waals surface area contributed by atoms with Gasteiger partial charge in [0, 0.05) is 52.6 Å². The molecule has 3 aliphatic heterocycles. The Kier molecular flexibility index (Phi) is 17.2. The van der Waals surface area contributed by atoms with E-state index in [2.05, 4.69) is 6.58 Å². The van der Waals surface area contributed by atoms with Crippen molar-refractivity contribution in [1.82, 2.24) is 4.90 Å². The molecule has 4 N–H and O–H groups in total. The highest BCUT2D eigenvalue weighted by atomic mass is 16.7. The number of hydrogen-bond acceptors (Lipinski definition) is 13. The van der Waals surface area contributed by atoms with E-state index in [-0.39, 0.29) is 49.5 Å². The molecule has 4 aliphatic rings. The lowest BCUT2D eigenvalue weighted by Crippen LogP contribution is -2.67. The van der Waals surface area contributed by atoms with Gasteiger partial charge < -0.3 is 49.0 Å². The summed E-state index contributed by atoms with van der Waals surface area (Å²) in [5.41, 5.74) is 1.54. The third-order valence-electron chi connectivity index (χ3n) is 12.5. The van der Waals surface area contributed by atoms with Crippen LogP contribution in [0.25, 0.3) is 0 Å². The molecule has 1 aliphatic carbocycles. The standard InChI is InChI=1S/C43H67NO13/c1-9-12-29-18-24(2)17-25(3)19-35(54-7)39-36(55-8)23-37(48)43(52,57-39)40(49)41(50)44-16-11-10-13-30(44)42(51)56-38(27(5)32(46)22-33(29)47)26(4)20-28-14-15-31(45)34(21-28)53-6/h9,18,20,25,27-32,34-39,45-46,48,52H,1,10-17,19,21-23H2,2-8H3/b24-18+,26-20+/t25-,27+,28-,29+,30-,31+,32-,34+,35-,36-,37+,38?,39+,43+/m0/s1. The molecule has 1 unspecified atom stereocenters. The van der Waals surface area contributed by atoms with Gasteiger partial charge >= 0.3 is 5.97 Å². The summed E-state index contributed by atoms with van der Waals surface area (Å²) in [6.45, 7) is 11.3. The van der Waals surface area contributed by atoms with E-state index in [1.54, 1.807) is 27.0 Å². The molecule has 0 spiro atoms. The van der Waals surface area contributed by atoms with Crippen molar-refractivity contribution in [3.63, 3.8) is 0 Å². The number of hydrogen-bond donors (Lipinski definition) is 4. The Bertz CT molecular complexity index is 1480. The lowest BCUT2D eigenvalue weighted by atomic mass is 9.81. The molecule has 3 heterocycles. The molecule has 0 aromatic carbocycles. The SMILES string of the molecule is C=CC[C@@H]1/C=C(\C)C[C@H](C)C[C@H](OC)[C@H]2O[C@@](O)(C(=O)C(=O)N3CCCC[C@H]3C(=O)OC(/C(C)=C/[C@@H]3CC[C@@H](O)[C@H](OC)C3)[C@H](C)[C@@H](O)CC1=O)[C@H](O)C[C@@H]2OC. The van der Waals surface area contributed by atoms with Gasteiger partial charge in [-0.25, -0.2) is 4.79 Å². The highest BCUT2D eigenvalue weighted by Gasteiger charge is 2.58. The van der Waals surface area contributed by atoms with Gasteiger partial charge in [-0.3, -0.25) is 14.4 Å². The van der Waals surface area contributed by atoms with E-state index in [1.165, 1.54) is 14.2 Å². The fraction of sp³-hybridized carbons (Fsp3) is 0.767. The van der Waals surface area contributed by atoms with E-state index in [9.17, 15) is 39.6 Å². The molecule has 57 heavy (non-hydrogen) atoms. The fourth-order valence-electron chi connectivity index (χ4n) is 9.19. The van der Waals surface area contributed by atoms with Crippen molar-refractivity contribution >= 4 is 23.4 Å². The number of aliphatic hydroxyl groups excluding tert-OH is 3. The highest BCUT2D eigenvalue weighted by molar-refractivity contribution is 6.39. The number of cyclic esters (lactones) is 1. The number of piperidine rings is 1. The smallest absolute Gasteiger partial charge is 0.329 e. The molecule has 0 radical (unpaired) electrons. The van der Waals surface area contributed by atoms with E-state index in [1.807, 2.05) is 26.0 Å². The summed E-state index contributed by atoms with van der Waals surface area (Å²) in [7, 11) is 4.42. The Hall–Kier alpha value is -2.82. The van der Waals surface area contributed by atoms with Gasteiger partial charge in [-0.15, -0.1) is 6.58 Å². The number of Topliss-reactive ketones (excluding diaryl/α,β-unsaturated/α-hetero) is 2. The van der Waals surface area contributed by atoms with Crippen LogP contribution < -0.4 is 0 Å². The van der Waals surface area contributed by atoms with Gasteiger partial charge in [0.05, 0.1) is 30.5 Å². The summed E-state index contributed by atoms with van der Waals surface area (Å²) >= 11 is 0. The van der Waals surface area contributed by atoms with Crippen LogP contribution in [0, 0.1) is 23.7 Å². The van der Waals surface area contributed by atoms with Gasteiger partial charge in [-0.05, 0) is 89.0 Å². The van der Waals surface area contributed by atoms with Crippen molar-refractivity contribution in [2.24, 2.45) is 23.7 Å². The lowest BCUT2D eigenvalue weighted by molar-refractivity contribution is -0.316. The molecule has 14 nitrogen and oxygen atoms in total. The first-order valence-electron chi connectivity index (χ1n) is 20.6. The number of ether oxygens (including phenoxy) is 5. The molecule has 3 fully saturated rings. The maximum Gasteiger partial charge on any atom is 0.329 e. The van der Waals surface area contributed by atoms with E-state index in [4.69, 9.17) is 23.7 Å². The Morgan fingerprint density at radius 3 is 2.25 bits per heavy atom. The highest BCUT2D eigenvalue weighted by Crippen LogP contribution is 2.37. The number of allylic oxidation sites excluding steroid dienone is 4. The second-order valence-corrected chi connectivity index (χ2v) is 16.9. The molecule has 1 amide bonds. The van der Waals surface area contributed by atoms with Gasteiger partial charge in [0.1, 0.15) is 30.1 Å². The van der Waals surface area contributed by atoms with Crippen molar-refractivity contribution < 1.29 is 63.3 Å². The average Bonchev–Trinajstić information content (AvgIpc) is 3.18. The predicted molar refractivity (Wildman–Crippen MR) is 209 cm³/mol. The van der Waals surface area contributed by atoms with Crippen molar-refractivity contribution in [1.29, 1.82) is 0 Å². The molecule has 4 rings (SSSR count). The van der Waals surface area contributed by atoms with Gasteiger partial charge in [0.25, 0.3) is 17.5 Å². The molecule has 14 atom stereocenters. The predicted octanol–water partition coefficient (Wildman–Crippen LogP) is 3.36. The van der Waals surface area contributed by atoms with Gasteiger partial charge in [0.15, 0.2) is 0 Å². The van der Waals surface area contributed by atoms with E-state index >= 15 is 0 Å². The fourth-order valence-corrected chi connectivity index (χ4v) is 9.19. The Labute approximate surface area is 337 Å². The number of nitrogens with zero attached hydrogens (tertiary/aromatic N) is 1. The third kappa shape index (κ3) is 11.3. The van der Waals surface area contributed by atoms with Crippen LogP contribution in [0.5, 0.6) is 0 Å². The number of amides is 1. The van der Waals surface area contributed by atoms with E-state index < -0.39 is 84.1 Å². The molecule has 2 saturated heterocycles. The van der Waals surface area contributed by atoms with Gasteiger partial charge in [-0.2, -0.15) is 0 Å². The molecule has 14 heteroatoms. The zero-order chi connectivity index (χ0) is 42.2. The average molecular weight is 806 g/mol. The molecule has 1 saturated carbocycles. The minimum atomic E-state index is -2.95. The maximum atomic E-state index is 14.3. The summed E-state index contributed by atoms with van der Waals surface area (Å²) < 4.78 is 29.2. The van der Waals surface area contributed by atoms with Crippen LogP contribution in [0.4, 0.5) is 0 Å². The number of ketones is 2. The number of carbonyl (C=O) groups is 4. The zero-order valence-electron chi connectivity index (χ0n) is 34.8. The number of methoxy groups -OCH3 is 3. The monoisotopic (exact) mass is 805 g/mol. The minimum absolute atomic E-state index is 0.00483. The normalized spacial score (nSPS) is 41.0. The quantitative estimate of drug-likeness (QED) is 0.166. The number of fused-ring (bicyclic) bond motifs is 3. The Morgan fingerprint density at radius 2 is 1.60 bits per heavy atom. The summed E-state index contributed by atoms with van der Waals surface area (Å²) in [4.78, 5) is 57.4. The second-order valence-electron chi connectivity index (χ2n) is 16.9. The van der Waals surface area contributed by atoms with Crippen LogP contribution in [0.3, 0.4) is 0 Å². The van der Waals surface area contributed by atoms with Crippen LogP contribution in [-0.2, 0) is 42.9 Å². The number of rotatable bonds is 7. The van der Waals surface area contributed by atoms with Crippen LogP contribution in [0.15, 0.2) is 36.0 Å². The van der Waals surface area contributed by atoms with Crippen molar-refractivity contribution in [3.05, 3.63) is 36.0 Å². The first-order chi connectivity index (χ1) is 27.0. The lowest BCUT2D eigenvalue weighted by Gasteiger charge is -2.46. The summed E-state index contributed by atoms with van der Waals surface area (Å²) in [5.74, 6) is -8.02. The van der Waals surface area contributed by atoms with Crippen molar-refractivity contribution in [2.45, 2.75) is 159 Å². The Morgan fingerprint density at radius 1 is 0.930 bits per heavy atom. The Balaban J connectivity index is 1.78. The summed E-state index contributed by atoms with van der Waals surface area (Å²) in [6.07, 6.45) is 1.54. The minimum Gasteiger partial charge on any atom is -0.456 e. The number of esters is 1. The molecular formula is C43H67NO13. The third-order valence-corrected chi connectivity index (χ3v) is 12.5. The largest absolute Gasteiger partial charge is 0.456 e. The second kappa shape index (κ2) is 20.9. The van der Waals surface area contributed by atoms with E-state index in [0.29, 0.717) is 56.9 Å². The first-order valence-corrected chi connectivity index (χ1v) is 20.6. The summed E-state index contributed by atoms with van der Waals surface area (Å²) in [6, 6.07) is -1.22. The van der Waals surface area contributed by atoms with Gasteiger partial charge in [-0.1, -0.05) is 37.6 Å². The van der Waals surface area contributed by atoms with Crippen molar-refractivity contribution in [3.8, 4) is 0 Å². The van der Waals surface area contributed by atoms with Crippen molar-refractivity contribution in [2.75, 3.05) is 27.9 Å². The topological polar surface area (TPSA) is 199 Å². The molecule has 2 bridgehead atoms. The van der Waals surface area contributed by atoms with Crippen LogP contribution in [-0.4, -0.2) is 137 Å². The van der Waals surface area contributed by atoms with Crippen LogP contribution >= 0.6 is 0 Å². The zero-order valence-corrected chi connectivity index (χ0v) is 34.8. The molecule has 322 valence electrons. The van der Waals surface area contributed by atoms with Crippen LogP contribution in [0.1, 0.15) is 98.3 Å². The first kappa shape index (κ1) is 46.9. The number of carbonyl (C=O) groups excluding carboxylic acids is 4.